The smallest absolute Gasteiger partial charge is 0.278 e. The Bertz CT molecular complexity index is 1120. The molecule has 7 heteroatoms. The maximum absolute atomic E-state index is 6.01. The third-order valence-corrected chi connectivity index (χ3v) is 4.88. The Morgan fingerprint density at radius 2 is 1.93 bits per heavy atom. The minimum absolute atomic E-state index is 0.0206. The molecular formula is C22H20N4O3. The quantitative estimate of drug-likeness (QED) is 0.508. The highest BCUT2D eigenvalue weighted by atomic mass is 16.5. The monoisotopic (exact) mass is 388 g/mol. The molecule has 0 radical (unpaired) electrons. The first kappa shape index (κ1) is 17.6. The van der Waals surface area contributed by atoms with Crippen molar-refractivity contribution in [3.63, 3.8) is 0 Å². The molecule has 1 atom stereocenters. The van der Waals surface area contributed by atoms with Crippen molar-refractivity contribution in [1.29, 1.82) is 0 Å². The fourth-order valence-electron chi connectivity index (χ4n) is 3.47. The van der Waals surface area contributed by atoms with E-state index < -0.39 is 0 Å². The Balaban J connectivity index is 1.41. The molecule has 0 bridgehead atoms. The minimum atomic E-state index is -0.0206. The van der Waals surface area contributed by atoms with Crippen LogP contribution in [0.25, 0.3) is 23.0 Å². The van der Waals surface area contributed by atoms with Crippen LogP contribution in [0.2, 0.25) is 0 Å². The van der Waals surface area contributed by atoms with Crippen LogP contribution >= 0.6 is 0 Å². The molecule has 0 amide bonds. The lowest BCUT2D eigenvalue weighted by molar-refractivity contribution is -0.00113. The first-order chi connectivity index (χ1) is 14.3. The number of benzene rings is 2. The van der Waals surface area contributed by atoms with E-state index in [2.05, 4.69) is 27.4 Å². The summed E-state index contributed by atoms with van der Waals surface area (Å²) in [5.74, 6) is 1.59. The third kappa shape index (κ3) is 3.40. The molecule has 3 heterocycles. The van der Waals surface area contributed by atoms with Crippen LogP contribution in [-0.2, 0) is 17.9 Å². The summed E-state index contributed by atoms with van der Waals surface area (Å²) in [5.41, 5.74) is 3.57. The standard InChI is InChI=1S/C22H20N4O3/c1-2-27-19-11-7-6-10-17(19)21-23-22(29-25-21)18-12-16-14-28-20(13-26(16)24-18)15-8-4-3-5-9-15/h3-12,20H,2,13-14H2,1H3/t20-/m0/s1. The minimum Gasteiger partial charge on any atom is -0.493 e. The number of rotatable bonds is 5. The molecule has 0 saturated carbocycles. The maximum Gasteiger partial charge on any atom is 0.278 e. The van der Waals surface area contributed by atoms with Crippen molar-refractivity contribution < 1.29 is 14.0 Å². The van der Waals surface area contributed by atoms with Gasteiger partial charge in [-0.05, 0) is 30.7 Å². The molecule has 0 saturated heterocycles. The van der Waals surface area contributed by atoms with E-state index in [1.807, 2.05) is 60.1 Å². The van der Waals surface area contributed by atoms with Gasteiger partial charge >= 0.3 is 0 Å². The number of nitrogens with zero attached hydrogens (tertiary/aromatic N) is 4. The van der Waals surface area contributed by atoms with Gasteiger partial charge in [0, 0.05) is 0 Å². The van der Waals surface area contributed by atoms with Crippen molar-refractivity contribution in [3.05, 3.63) is 71.9 Å². The summed E-state index contributed by atoms with van der Waals surface area (Å²) in [5, 5.41) is 8.80. The second-order valence-corrected chi connectivity index (χ2v) is 6.77. The summed E-state index contributed by atoms with van der Waals surface area (Å²) >= 11 is 0. The second-order valence-electron chi connectivity index (χ2n) is 6.77. The summed E-state index contributed by atoms with van der Waals surface area (Å²) in [7, 11) is 0. The van der Waals surface area contributed by atoms with Gasteiger partial charge in [-0.25, -0.2) is 0 Å². The fourth-order valence-corrected chi connectivity index (χ4v) is 3.47. The van der Waals surface area contributed by atoms with E-state index in [1.54, 1.807) is 0 Å². The number of para-hydroxylation sites is 1. The Hall–Kier alpha value is -3.45. The lowest BCUT2D eigenvalue weighted by Crippen LogP contribution is -2.21. The largest absolute Gasteiger partial charge is 0.493 e. The predicted molar refractivity (Wildman–Crippen MR) is 106 cm³/mol. The van der Waals surface area contributed by atoms with Gasteiger partial charge in [0.25, 0.3) is 5.89 Å². The summed E-state index contributed by atoms with van der Waals surface area (Å²) in [6, 6.07) is 19.8. The van der Waals surface area contributed by atoms with Crippen LogP contribution in [0.1, 0.15) is 24.3 Å². The molecule has 0 N–H and O–H groups in total. The summed E-state index contributed by atoms with van der Waals surface area (Å²) in [6.07, 6.45) is -0.0206. The first-order valence-corrected chi connectivity index (χ1v) is 9.61. The van der Waals surface area contributed by atoms with E-state index in [4.69, 9.17) is 14.0 Å². The number of fused-ring (bicyclic) bond motifs is 1. The maximum atomic E-state index is 6.01. The number of hydrogen-bond donors (Lipinski definition) is 0. The molecule has 0 aliphatic carbocycles. The van der Waals surface area contributed by atoms with E-state index in [9.17, 15) is 0 Å². The van der Waals surface area contributed by atoms with Gasteiger partial charge in [0.1, 0.15) is 11.9 Å². The normalized spacial score (nSPS) is 15.8. The van der Waals surface area contributed by atoms with Crippen LogP contribution in [0, 0.1) is 0 Å². The molecule has 1 aliphatic rings. The molecule has 0 unspecified atom stereocenters. The highest BCUT2D eigenvalue weighted by molar-refractivity contribution is 5.65. The lowest BCUT2D eigenvalue weighted by atomic mass is 10.1. The number of aromatic nitrogens is 4. The molecule has 0 fully saturated rings. The SMILES string of the molecule is CCOc1ccccc1-c1noc(-c2cc3n(n2)C[C@@H](c2ccccc2)OC3)n1. The summed E-state index contributed by atoms with van der Waals surface area (Å²) in [6.45, 7) is 3.64. The van der Waals surface area contributed by atoms with Gasteiger partial charge in [0.05, 0.1) is 31.0 Å². The average molecular weight is 388 g/mol. The molecular weight excluding hydrogens is 368 g/mol. The highest BCUT2D eigenvalue weighted by Gasteiger charge is 2.24. The molecule has 146 valence electrons. The third-order valence-electron chi connectivity index (χ3n) is 4.88. The van der Waals surface area contributed by atoms with Gasteiger partial charge in [0.15, 0.2) is 5.69 Å². The van der Waals surface area contributed by atoms with Crippen molar-refractivity contribution in [2.75, 3.05) is 6.61 Å². The van der Waals surface area contributed by atoms with E-state index >= 15 is 0 Å². The highest BCUT2D eigenvalue weighted by Crippen LogP contribution is 2.31. The van der Waals surface area contributed by atoms with Crippen LogP contribution in [0.15, 0.2) is 65.2 Å². The first-order valence-electron chi connectivity index (χ1n) is 9.61. The molecule has 1 aliphatic heterocycles. The zero-order valence-corrected chi connectivity index (χ0v) is 16.0. The number of ether oxygens (including phenoxy) is 2. The zero-order valence-electron chi connectivity index (χ0n) is 16.0. The van der Waals surface area contributed by atoms with Crippen molar-refractivity contribution in [1.82, 2.24) is 19.9 Å². The van der Waals surface area contributed by atoms with E-state index in [-0.39, 0.29) is 6.10 Å². The molecule has 4 aromatic rings. The van der Waals surface area contributed by atoms with E-state index in [0.29, 0.717) is 37.2 Å². The second kappa shape index (κ2) is 7.52. The Labute approximate surface area is 167 Å². The van der Waals surface area contributed by atoms with Crippen LogP contribution in [0.5, 0.6) is 5.75 Å². The van der Waals surface area contributed by atoms with Crippen LogP contribution in [0.4, 0.5) is 0 Å². The van der Waals surface area contributed by atoms with Crippen LogP contribution in [-0.4, -0.2) is 26.5 Å². The molecule has 2 aromatic carbocycles. The molecule has 0 spiro atoms. The topological polar surface area (TPSA) is 75.2 Å². The van der Waals surface area contributed by atoms with Gasteiger partial charge in [0.2, 0.25) is 5.82 Å². The zero-order chi connectivity index (χ0) is 19.6. The van der Waals surface area contributed by atoms with E-state index in [1.165, 1.54) is 0 Å². The van der Waals surface area contributed by atoms with Crippen LogP contribution < -0.4 is 4.74 Å². The van der Waals surface area contributed by atoms with Gasteiger partial charge in [-0.15, -0.1) is 0 Å². The molecule has 7 nitrogen and oxygen atoms in total. The molecule has 2 aromatic heterocycles. The lowest BCUT2D eigenvalue weighted by Gasteiger charge is -2.24. The Morgan fingerprint density at radius 1 is 1.10 bits per heavy atom. The van der Waals surface area contributed by atoms with Crippen molar-refractivity contribution in [2.45, 2.75) is 26.2 Å². The van der Waals surface area contributed by atoms with Crippen molar-refractivity contribution in [2.24, 2.45) is 0 Å². The molecule has 29 heavy (non-hydrogen) atoms. The summed E-state index contributed by atoms with van der Waals surface area (Å²) < 4.78 is 19.1. The van der Waals surface area contributed by atoms with E-state index in [0.717, 1.165) is 22.6 Å². The van der Waals surface area contributed by atoms with Crippen molar-refractivity contribution in [3.8, 4) is 28.7 Å². The number of hydrogen-bond acceptors (Lipinski definition) is 6. The summed E-state index contributed by atoms with van der Waals surface area (Å²) in [4.78, 5) is 4.54. The fraction of sp³-hybridized carbons (Fsp3) is 0.227. The van der Waals surface area contributed by atoms with Gasteiger partial charge in [-0.1, -0.05) is 47.6 Å². The molecule has 5 rings (SSSR count). The van der Waals surface area contributed by atoms with Gasteiger partial charge in [-0.3, -0.25) is 4.68 Å². The predicted octanol–water partition coefficient (Wildman–Crippen LogP) is 4.27. The average Bonchev–Trinajstić information content (AvgIpc) is 3.41. The van der Waals surface area contributed by atoms with Crippen LogP contribution in [0.3, 0.4) is 0 Å². The van der Waals surface area contributed by atoms with Gasteiger partial charge in [-0.2, -0.15) is 10.1 Å². The van der Waals surface area contributed by atoms with Crippen molar-refractivity contribution >= 4 is 0 Å². The Morgan fingerprint density at radius 3 is 2.79 bits per heavy atom. The van der Waals surface area contributed by atoms with Gasteiger partial charge < -0.3 is 14.0 Å². The Kier molecular flexibility index (Phi) is 4.57.